The summed E-state index contributed by atoms with van der Waals surface area (Å²) in [6.45, 7) is 0.153. The van der Waals surface area contributed by atoms with Gasteiger partial charge in [0.05, 0.1) is 0 Å². The van der Waals surface area contributed by atoms with Crippen LogP contribution in [0.2, 0.25) is 0 Å². The molecule has 5 nitrogen and oxygen atoms in total. The highest BCUT2D eigenvalue weighted by molar-refractivity contribution is 5.98. The summed E-state index contributed by atoms with van der Waals surface area (Å²) in [5.74, 6) is -1.34. The van der Waals surface area contributed by atoms with Crippen LogP contribution < -0.4 is 4.74 Å². The molecule has 2 bridgehead atoms. The molecular weight excluding hydrogens is 461 g/mol. The molecule has 0 aromatic heterocycles. The maximum absolute atomic E-state index is 13.1. The number of ketones is 1. The molecule has 2 heterocycles. The number of fused-ring (bicyclic) bond motifs is 2. The van der Waals surface area contributed by atoms with Gasteiger partial charge in [0.25, 0.3) is 0 Å². The van der Waals surface area contributed by atoms with E-state index in [1.165, 1.54) is 12.1 Å². The van der Waals surface area contributed by atoms with Gasteiger partial charge in [-0.15, -0.1) is 0 Å². The monoisotopic (exact) mass is 483 g/mol. The number of hydrogen-bond donors (Lipinski definition) is 0. The lowest BCUT2D eigenvalue weighted by Gasteiger charge is -2.37. The van der Waals surface area contributed by atoms with Crippen LogP contribution in [0.5, 0.6) is 5.75 Å². The molecule has 2 fully saturated rings. The van der Waals surface area contributed by atoms with Crippen molar-refractivity contribution < 1.29 is 41.0 Å². The van der Waals surface area contributed by atoms with Gasteiger partial charge in [-0.05, 0) is 55.5 Å². The van der Waals surface area contributed by atoms with E-state index in [4.69, 9.17) is 4.74 Å². The number of alkyl halides is 5. The Morgan fingerprint density at radius 3 is 2.03 bits per heavy atom. The predicted molar refractivity (Wildman–Crippen MR) is 110 cm³/mol. The number of Topliss-reactive ketones (excluding diaryl/α,β-unsaturated/α-hetero) is 1. The quantitative estimate of drug-likeness (QED) is 0.375. The molecule has 182 valence electrons. The van der Waals surface area contributed by atoms with Gasteiger partial charge in [0.15, 0.2) is 5.78 Å². The van der Waals surface area contributed by atoms with E-state index in [2.05, 4.69) is 4.74 Å². The Morgan fingerprint density at radius 1 is 0.882 bits per heavy atom. The maximum Gasteiger partial charge on any atom is 0.499 e. The van der Waals surface area contributed by atoms with E-state index >= 15 is 0 Å². The summed E-state index contributed by atoms with van der Waals surface area (Å²) in [6, 6.07) is 13.2. The van der Waals surface area contributed by atoms with Crippen molar-refractivity contribution in [3.05, 3.63) is 65.7 Å². The van der Waals surface area contributed by atoms with Gasteiger partial charge in [0, 0.05) is 23.6 Å². The smallest absolute Gasteiger partial charge is 0.445 e. The summed E-state index contributed by atoms with van der Waals surface area (Å²) in [7, 11) is 0. The zero-order chi connectivity index (χ0) is 24.5. The van der Waals surface area contributed by atoms with Gasteiger partial charge < -0.3 is 14.4 Å². The number of carbonyl (C=O) groups excluding carboxylic acids is 2. The first-order valence-electron chi connectivity index (χ1n) is 10.8. The second-order valence-corrected chi connectivity index (χ2v) is 8.51. The Morgan fingerprint density at radius 2 is 1.47 bits per heavy atom. The van der Waals surface area contributed by atoms with Crippen molar-refractivity contribution in [3.8, 4) is 5.75 Å². The number of halogens is 5. The first-order valence-corrected chi connectivity index (χ1v) is 10.8. The van der Waals surface area contributed by atoms with Gasteiger partial charge in [-0.1, -0.05) is 30.3 Å². The fourth-order valence-corrected chi connectivity index (χ4v) is 4.61. The van der Waals surface area contributed by atoms with Crippen LogP contribution in [0.4, 0.5) is 26.7 Å². The van der Waals surface area contributed by atoms with E-state index in [0.717, 1.165) is 30.5 Å². The lowest BCUT2D eigenvalue weighted by molar-refractivity contribution is -0.360. The molecule has 34 heavy (non-hydrogen) atoms. The van der Waals surface area contributed by atoms with Gasteiger partial charge in [0.1, 0.15) is 12.4 Å². The van der Waals surface area contributed by atoms with Gasteiger partial charge in [-0.2, -0.15) is 22.0 Å². The topological polar surface area (TPSA) is 55.8 Å². The minimum absolute atomic E-state index is 0.149. The average molecular weight is 483 g/mol. The van der Waals surface area contributed by atoms with Crippen molar-refractivity contribution in [3.63, 3.8) is 0 Å². The van der Waals surface area contributed by atoms with Crippen LogP contribution in [0.25, 0.3) is 0 Å². The molecule has 2 unspecified atom stereocenters. The minimum Gasteiger partial charge on any atom is -0.445 e. The average Bonchev–Trinajstić information content (AvgIpc) is 3.06. The molecule has 2 saturated heterocycles. The molecule has 2 aliphatic heterocycles. The van der Waals surface area contributed by atoms with Crippen LogP contribution >= 0.6 is 0 Å². The van der Waals surface area contributed by atoms with Crippen molar-refractivity contribution in [1.29, 1.82) is 0 Å². The summed E-state index contributed by atoms with van der Waals surface area (Å²) >= 11 is 0. The molecule has 2 aromatic carbocycles. The number of amides is 1. The molecule has 0 spiro atoms. The number of piperidine rings is 1. The van der Waals surface area contributed by atoms with Crippen molar-refractivity contribution in [1.82, 2.24) is 4.90 Å². The second kappa shape index (κ2) is 9.23. The van der Waals surface area contributed by atoms with Crippen LogP contribution in [0, 0.1) is 5.92 Å². The first-order chi connectivity index (χ1) is 16.0. The number of nitrogens with zero attached hydrogens (tertiary/aromatic N) is 1. The van der Waals surface area contributed by atoms with Crippen molar-refractivity contribution in [2.45, 2.75) is 56.7 Å². The van der Waals surface area contributed by atoms with Gasteiger partial charge in [-0.25, -0.2) is 4.79 Å². The Hall–Kier alpha value is -3.17. The number of rotatable bonds is 6. The van der Waals surface area contributed by atoms with Gasteiger partial charge in [-0.3, -0.25) is 4.79 Å². The molecular formula is C24H22F5NO4. The highest BCUT2D eigenvalue weighted by atomic mass is 19.4. The number of carbonyl (C=O) groups is 2. The molecule has 4 rings (SSSR count). The minimum atomic E-state index is -5.85. The second-order valence-electron chi connectivity index (χ2n) is 8.51. The number of ether oxygens (including phenoxy) is 2. The van der Waals surface area contributed by atoms with Gasteiger partial charge >= 0.3 is 18.4 Å². The third-order valence-corrected chi connectivity index (χ3v) is 6.23. The van der Waals surface area contributed by atoms with E-state index in [1.807, 2.05) is 30.3 Å². The highest BCUT2D eigenvalue weighted by Crippen LogP contribution is 2.41. The van der Waals surface area contributed by atoms with Crippen molar-refractivity contribution >= 4 is 11.9 Å². The Balaban J connectivity index is 1.36. The largest absolute Gasteiger partial charge is 0.499 e. The fraction of sp³-hybridized carbons (Fsp3) is 0.417. The van der Waals surface area contributed by atoms with Crippen LogP contribution in [-0.4, -0.2) is 41.1 Å². The maximum atomic E-state index is 13.1. The van der Waals surface area contributed by atoms with Crippen LogP contribution in [-0.2, 0) is 11.3 Å². The lowest BCUT2D eigenvalue weighted by atomic mass is 9.85. The highest BCUT2D eigenvalue weighted by Gasteiger charge is 2.61. The standard InChI is InChI=1S/C24H22F5NO4/c25-23(26,27)24(28,29)34-20-10-6-16(7-11-20)21(31)17-12-18-8-9-19(13-17)30(18)22(32)33-14-15-4-2-1-3-5-15/h1-7,10-11,17-19H,8-9,12-14H2. The summed E-state index contributed by atoms with van der Waals surface area (Å²) in [4.78, 5) is 27.3. The Kier molecular flexibility index (Phi) is 6.51. The molecule has 0 aliphatic carbocycles. The molecule has 10 heteroatoms. The third-order valence-electron chi connectivity index (χ3n) is 6.23. The summed E-state index contributed by atoms with van der Waals surface area (Å²) in [5.41, 5.74) is 1.06. The first kappa shape index (κ1) is 24.0. The zero-order valence-corrected chi connectivity index (χ0v) is 17.9. The SMILES string of the molecule is O=C(c1ccc(OC(F)(F)C(F)(F)F)cc1)C1CC2CCC(C1)N2C(=O)OCc1ccccc1. The van der Waals surface area contributed by atoms with Crippen LogP contribution in [0.3, 0.4) is 0 Å². The van der Waals surface area contributed by atoms with Crippen LogP contribution in [0.15, 0.2) is 54.6 Å². The number of benzene rings is 2. The molecule has 0 N–H and O–H groups in total. The van der Waals surface area contributed by atoms with E-state index in [9.17, 15) is 31.5 Å². The fourth-order valence-electron chi connectivity index (χ4n) is 4.61. The predicted octanol–water partition coefficient (Wildman–Crippen LogP) is 5.98. The summed E-state index contributed by atoms with van der Waals surface area (Å²) in [6.07, 6.45) is -9.26. The summed E-state index contributed by atoms with van der Waals surface area (Å²) in [5, 5.41) is 0. The Labute approximate surface area is 192 Å². The van der Waals surface area contributed by atoms with Crippen molar-refractivity contribution in [2.24, 2.45) is 5.92 Å². The van der Waals surface area contributed by atoms with Gasteiger partial charge in [0.2, 0.25) is 0 Å². The lowest BCUT2D eigenvalue weighted by Crippen LogP contribution is -2.48. The molecule has 2 aromatic rings. The molecule has 0 radical (unpaired) electrons. The zero-order valence-electron chi connectivity index (χ0n) is 17.9. The molecule has 0 saturated carbocycles. The molecule has 1 amide bonds. The third kappa shape index (κ3) is 5.00. The summed E-state index contributed by atoms with van der Waals surface area (Å²) < 4.78 is 72.2. The van der Waals surface area contributed by atoms with E-state index in [-0.39, 0.29) is 36.0 Å². The number of hydrogen-bond acceptors (Lipinski definition) is 4. The Bertz CT molecular complexity index is 1010. The van der Waals surface area contributed by atoms with E-state index in [1.54, 1.807) is 4.90 Å². The van der Waals surface area contributed by atoms with Crippen molar-refractivity contribution in [2.75, 3.05) is 0 Å². The van der Waals surface area contributed by atoms with E-state index < -0.39 is 24.1 Å². The van der Waals surface area contributed by atoms with Crippen LogP contribution in [0.1, 0.15) is 41.6 Å². The normalized spacial score (nSPS) is 22.4. The molecule has 2 aliphatic rings. The molecule has 2 atom stereocenters. The van der Waals surface area contributed by atoms with E-state index in [0.29, 0.717) is 12.8 Å².